The summed E-state index contributed by atoms with van der Waals surface area (Å²) in [5.74, 6) is 0.101. The number of aliphatic imine (C=N–C) groups is 1. The number of carbonyl (C=O) groups excluding carboxylic acids is 1. The van der Waals surface area contributed by atoms with Crippen LogP contribution >= 0.6 is 11.8 Å². The summed E-state index contributed by atoms with van der Waals surface area (Å²) in [6, 6.07) is 7.78. The summed E-state index contributed by atoms with van der Waals surface area (Å²) in [7, 11) is -3.04. The molecule has 3 rings (SSSR count). The molecule has 7 heteroatoms. The van der Waals surface area contributed by atoms with Gasteiger partial charge in [-0.05, 0) is 37.5 Å². The standard InChI is InChI=1S/C18H24N2O3S2/c1-4-13(5-2)17(21)19-18-20(14-8-6-7-12(3)9-14)15-10-25(22,23)11-16(15)24-18/h6-9,13,15-16H,4-5,10-11H2,1-3H3/t15-,16+/m0/s1. The Balaban J connectivity index is 1.99. The Labute approximate surface area is 153 Å². The average molecular weight is 381 g/mol. The molecule has 2 aliphatic heterocycles. The van der Waals surface area contributed by atoms with E-state index < -0.39 is 9.84 Å². The molecule has 0 radical (unpaired) electrons. The number of sulfone groups is 1. The summed E-state index contributed by atoms with van der Waals surface area (Å²) < 4.78 is 24.1. The van der Waals surface area contributed by atoms with E-state index in [-0.39, 0.29) is 34.6 Å². The fraction of sp³-hybridized carbons (Fsp3) is 0.556. The van der Waals surface area contributed by atoms with Crippen molar-refractivity contribution in [3.63, 3.8) is 0 Å². The number of thioether (sulfide) groups is 1. The summed E-state index contributed by atoms with van der Waals surface area (Å²) in [5.41, 5.74) is 2.01. The van der Waals surface area contributed by atoms with Crippen LogP contribution in [0.4, 0.5) is 5.69 Å². The lowest BCUT2D eigenvalue weighted by Gasteiger charge is -2.25. The highest BCUT2D eigenvalue weighted by atomic mass is 32.2. The van der Waals surface area contributed by atoms with Gasteiger partial charge in [0, 0.05) is 16.9 Å². The van der Waals surface area contributed by atoms with E-state index in [4.69, 9.17) is 0 Å². The minimum Gasteiger partial charge on any atom is -0.316 e. The Kier molecular flexibility index (Phi) is 5.25. The Morgan fingerprint density at radius 2 is 2.04 bits per heavy atom. The molecule has 2 heterocycles. The number of benzene rings is 1. The zero-order valence-corrected chi connectivity index (χ0v) is 16.4. The monoisotopic (exact) mass is 380 g/mol. The van der Waals surface area contributed by atoms with Gasteiger partial charge in [-0.2, -0.15) is 4.99 Å². The summed E-state index contributed by atoms with van der Waals surface area (Å²) >= 11 is 1.43. The Bertz CT molecular complexity index is 800. The third-order valence-electron chi connectivity index (χ3n) is 4.89. The highest BCUT2D eigenvalue weighted by Gasteiger charge is 2.49. The van der Waals surface area contributed by atoms with Crippen molar-refractivity contribution >= 4 is 38.4 Å². The maximum absolute atomic E-state index is 12.5. The Morgan fingerprint density at radius 1 is 1.32 bits per heavy atom. The van der Waals surface area contributed by atoms with E-state index in [9.17, 15) is 13.2 Å². The number of amides is 1. The van der Waals surface area contributed by atoms with E-state index in [1.54, 1.807) is 0 Å². The van der Waals surface area contributed by atoms with E-state index >= 15 is 0 Å². The third kappa shape index (κ3) is 3.77. The molecule has 0 aliphatic carbocycles. The van der Waals surface area contributed by atoms with Gasteiger partial charge >= 0.3 is 0 Å². The van der Waals surface area contributed by atoms with Crippen molar-refractivity contribution in [1.29, 1.82) is 0 Å². The zero-order valence-electron chi connectivity index (χ0n) is 14.8. The first-order valence-electron chi connectivity index (χ1n) is 8.70. The molecule has 1 amide bonds. The van der Waals surface area contributed by atoms with Crippen molar-refractivity contribution in [1.82, 2.24) is 0 Å². The number of amidine groups is 1. The quantitative estimate of drug-likeness (QED) is 0.803. The van der Waals surface area contributed by atoms with E-state index in [0.29, 0.717) is 5.17 Å². The van der Waals surface area contributed by atoms with Crippen LogP contribution in [0.15, 0.2) is 29.3 Å². The fourth-order valence-electron chi connectivity index (χ4n) is 3.47. The number of carbonyl (C=O) groups is 1. The van der Waals surface area contributed by atoms with Gasteiger partial charge in [-0.15, -0.1) is 0 Å². The molecule has 0 bridgehead atoms. The first-order valence-corrected chi connectivity index (χ1v) is 11.4. The zero-order chi connectivity index (χ0) is 18.2. The third-order valence-corrected chi connectivity index (χ3v) is 8.10. The second kappa shape index (κ2) is 7.11. The van der Waals surface area contributed by atoms with Gasteiger partial charge in [0.2, 0.25) is 0 Å². The normalized spacial score (nSPS) is 26.4. The van der Waals surface area contributed by atoms with Gasteiger partial charge in [0.05, 0.1) is 17.5 Å². The van der Waals surface area contributed by atoms with Crippen LogP contribution in [-0.2, 0) is 14.6 Å². The van der Waals surface area contributed by atoms with Crippen LogP contribution in [0.1, 0.15) is 32.3 Å². The van der Waals surface area contributed by atoms with Crippen molar-refractivity contribution in [2.75, 3.05) is 16.4 Å². The maximum atomic E-state index is 12.5. The summed E-state index contributed by atoms with van der Waals surface area (Å²) in [5, 5.41) is 0.589. The molecule has 0 saturated carbocycles. The minimum absolute atomic E-state index is 0.0567. The van der Waals surface area contributed by atoms with Crippen molar-refractivity contribution in [3.8, 4) is 0 Å². The average Bonchev–Trinajstić information content (AvgIpc) is 2.99. The van der Waals surface area contributed by atoms with Crippen LogP contribution in [-0.4, -0.2) is 42.3 Å². The molecule has 2 atom stereocenters. The molecule has 2 saturated heterocycles. The molecule has 25 heavy (non-hydrogen) atoms. The predicted octanol–water partition coefficient (Wildman–Crippen LogP) is 3.03. The van der Waals surface area contributed by atoms with E-state index in [2.05, 4.69) is 4.99 Å². The number of hydrogen-bond acceptors (Lipinski definition) is 4. The topological polar surface area (TPSA) is 66.8 Å². The van der Waals surface area contributed by atoms with Crippen molar-refractivity contribution in [2.45, 2.75) is 44.9 Å². The fourth-order valence-corrected chi connectivity index (χ4v) is 7.39. The largest absolute Gasteiger partial charge is 0.316 e. The van der Waals surface area contributed by atoms with Crippen LogP contribution in [0, 0.1) is 12.8 Å². The van der Waals surface area contributed by atoms with Gasteiger partial charge in [0.25, 0.3) is 5.91 Å². The van der Waals surface area contributed by atoms with Crippen LogP contribution in [0.25, 0.3) is 0 Å². The lowest BCUT2D eigenvalue weighted by molar-refractivity contribution is -0.121. The van der Waals surface area contributed by atoms with Gasteiger partial charge in [0.15, 0.2) is 15.0 Å². The number of anilines is 1. The lowest BCUT2D eigenvalue weighted by atomic mass is 10.0. The molecule has 1 aromatic rings. The highest BCUT2D eigenvalue weighted by Crippen LogP contribution is 2.41. The van der Waals surface area contributed by atoms with Gasteiger partial charge in [-0.1, -0.05) is 37.7 Å². The second-order valence-corrected chi connectivity index (χ2v) is 10.1. The molecule has 136 valence electrons. The molecule has 0 unspecified atom stereocenters. The van der Waals surface area contributed by atoms with Crippen molar-refractivity contribution < 1.29 is 13.2 Å². The first kappa shape index (κ1) is 18.5. The molecule has 2 fully saturated rings. The summed E-state index contributed by atoms with van der Waals surface area (Å²) in [4.78, 5) is 18.9. The SMILES string of the molecule is CCC(CC)C(=O)N=C1S[C@@H]2CS(=O)(=O)C[C@@H]2N1c1cccc(C)c1. The number of fused-ring (bicyclic) bond motifs is 1. The Morgan fingerprint density at radius 3 is 2.68 bits per heavy atom. The Hall–Kier alpha value is -1.34. The molecule has 2 aliphatic rings. The van der Waals surface area contributed by atoms with E-state index in [0.717, 1.165) is 24.1 Å². The van der Waals surface area contributed by atoms with Crippen molar-refractivity contribution in [2.24, 2.45) is 10.9 Å². The summed E-state index contributed by atoms with van der Waals surface area (Å²) in [6.07, 6.45) is 1.53. The van der Waals surface area contributed by atoms with Crippen LogP contribution < -0.4 is 4.90 Å². The van der Waals surface area contributed by atoms with Gasteiger partial charge in [-0.25, -0.2) is 8.42 Å². The van der Waals surface area contributed by atoms with Crippen LogP contribution in [0.3, 0.4) is 0 Å². The molecular formula is C18H24N2O3S2. The van der Waals surface area contributed by atoms with Gasteiger partial charge in [-0.3, -0.25) is 4.79 Å². The maximum Gasteiger partial charge on any atom is 0.251 e. The van der Waals surface area contributed by atoms with Crippen LogP contribution in [0.5, 0.6) is 0 Å². The molecule has 5 nitrogen and oxygen atoms in total. The number of hydrogen-bond donors (Lipinski definition) is 0. The molecule has 0 spiro atoms. The van der Waals surface area contributed by atoms with Gasteiger partial charge in [0.1, 0.15) is 0 Å². The number of nitrogens with zero attached hydrogens (tertiary/aromatic N) is 2. The number of aryl methyl sites for hydroxylation is 1. The first-order chi connectivity index (χ1) is 11.8. The van der Waals surface area contributed by atoms with Crippen LogP contribution in [0.2, 0.25) is 0 Å². The highest BCUT2D eigenvalue weighted by molar-refractivity contribution is 8.16. The molecule has 0 N–H and O–H groups in total. The molecular weight excluding hydrogens is 356 g/mol. The number of rotatable bonds is 4. The predicted molar refractivity (Wildman–Crippen MR) is 104 cm³/mol. The van der Waals surface area contributed by atoms with Gasteiger partial charge < -0.3 is 4.90 Å². The van der Waals surface area contributed by atoms with E-state index in [1.807, 2.05) is 49.9 Å². The van der Waals surface area contributed by atoms with Crippen molar-refractivity contribution in [3.05, 3.63) is 29.8 Å². The summed E-state index contributed by atoms with van der Waals surface area (Å²) in [6.45, 7) is 5.99. The minimum atomic E-state index is -3.04. The second-order valence-electron chi connectivity index (χ2n) is 6.76. The molecule has 0 aromatic heterocycles. The smallest absolute Gasteiger partial charge is 0.251 e. The van der Waals surface area contributed by atoms with E-state index in [1.165, 1.54) is 11.8 Å². The lowest BCUT2D eigenvalue weighted by Crippen LogP contribution is -2.38. The molecule has 1 aromatic carbocycles.